The minimum Gasteiger partial charge on any atom is -0.494 e. The number of anilines is 1. The second-order valence-electron chi connectivity index (χ2n) is 4.97. The van der Waals surface area contributed by atoms with Gasteiger partial charge in [-0.3, -0.25) is 4.79 Å². The molecule has 0 bridgehead atoms. The molecule has 0 spiro atoms. The van der Waals surface area contributed by atoms with Crippen molar-refractivity contribution in [3.63, 3.8) is 0 Å². The molecule has 0 saturated carbocycles. The van der Waals surface area contributed by atoms with Gasteiger partial charge in [0.2, 0.25) is 0 Å². The van der Waals surface area contributed by atoms with Crippen molar-refractivity contribution in [1.29, 1.82) is 0 Å². The highest BCUT2D eigenvalue weighted by atomic mass is 127. The molecule has 0 unspecified atom stereocenters. The number of rotatable bonds is 7. The number of ether oxygens (including phenoxy) is 2. The van der Waals surface area contributed by atoms with Crippen molar-refractivity contribution < 1.29 is 19.1 Å². The van der Waals surface area contributed by atoms with Crippen molar-refractivity contribution in [3.8, 4) is 5.75 Å². The van der Waals surface area contributed by atoms with Gasteiger partial charge in [-0.05, 0) is 65.4 Å². The molecule has 1 amide bonds. The van der Waals surface area contributed by atoms with Crippen LogP contribution in [0.5, 0.6) is 5.75 Å². The predicted octanol–water partition coefficient (Wildman–Crippen LogP) is 3.89. The molecule has 25 heavy (non-hydrogen) atoms. The van der Waals surface area contributed by atoms with Crippen LogP contribution < -0.4 is 10.1 Å². The summed E-state index contributed by atoms with van der Waals surface area (Å²) in [6, 6.07) is 14.7. The average Bonchev–Trinajstić information content (AvgIpc) is 2.61. The number of halogens is 1. The summed E-state index contributed by atoms with van der Waals surface area (Å²) < 4.78 is 11.2. The summed E-state index contributed by atoms with van der Waals surface area (Å²) in [5.74, 6) is -0.187. The quantitative estimate of drug-likeness (QED) is 0.394. The van der Waals surface area contributed by atoms with Crippen LogP contribution >= 0.6 is 22.6 Å². The van der Waals surface area contributed by atoms with Gasteiger partial charge < -0.3 is 14.8 Å². The number of nitrogens with one attached hydrogen (secondary N) is 1. The molecule has 130 valence electrons. The number of carbonyl (C=O) groups is 2. The molecular formula is C19H18INO4. The molecule has 0 aromatic heterocycles. The molecule has 0 heterocycles. The van der Waals surface area contributed by atoms with Gasteiger partial charge in [-0.15, -0.1) is 0 Å². The maximum absolute atomic E-state index is 11.8. The second kappa shape index (κ2) is 9.83. The molecule has 0 aliphatic rings. The Bertz CT molecular complexity index is 756. The number of para-hydroxylation sites is 1. The van der Waals surface area contributed by atoms with Gasteiger partial charge in [0.15, 0.2) is 6.61 Å². The lowest BCUT2D eigenvalue weighted by molar-refractivity contribution is -0.142. The molecule has 2 aromatic carbocycles. The normalized spacial score (nSPS) is 10.5. The fourth-order valence-electron chi connectivity index (χ4n) is 1.94. The Balaban J connectivity index is 1.79. The van der Waals surface area contributed by atoms with Crippen molar-refractivity contribution >= 4 is 46.2 Å². The van der Waals surface area contributed by atoms with Crippen LogP contribution in [-0.2, 0) is 14.3 Å². The summed E-state index contributed by atoms with van der Waals surface area (Å²) in [4.78, 5) is 23.5. The van der Waals surface area contributed by atoms with Crippen LogP contribution in [0.3, 0.4) is 0 Å². The van der Waals surface area contributed by atoms with Crippen LogP contribution in [-0.4, -0.2) is 25.1 Å². The minimum absolute atomic E-state index is 0.336. The Morgan fingerprint density at radius 3 is 2.52 bits per heavy atom. The zero-order valence-electron chi connectivity index (χ0n) is 13.7. The third-order valence-corrected chi connectivity index (χ3v) is 4.04. The van der Waals surface area contributed by atoms with Gasteiger partial charge in [0.25, 0.3) is 5.91 Å². The molecule has 0 radical (unpaired) electrons. The minimum atomic E-state index is -0.577. The first kappa shape index (κ1) is 19.0. The number of amides is 1. The number of hydrogen-bond acceptors (Lipinski definition) is 4. The zero-order chi connectivity index (χ0) is 18.1. The maximum atomic E-state index is 11.8. The molecule has 1 N–H and O–H groups in total. The predicted molar refractivity (Wildman–Crippen MR) is 105 cm³/mol. The molecule has 2 aromatic rings. The van der Waals surface area contributed by atoms with E-state index in [1.807, 2.05) is 49.4 Å². The SMILES string of the molecule is CCOc1ccc(/C=C/C(=O)OCC(=O)Nc2ccccc2I)cc1. The van der Waals surface area contributed by atoms with E-state index < -0.39 is 5.97 Å². The van der Waals surface area contributed by atoms with Crippen molar-refractivity contribution in [2.75, 3.05) is 18.5 Å². The highest BCUT2D eigenvalue weighted by molar-refractivity contribution is 14.1. The molecule has 0 aliphatic carbocycles. The molecule has 5 nitrogen and oxygen atoms in total. The summed E-state index contributed by atoms with van der Waals surface area (Å²) in [7, 11) is 0. The topological polar surface area (TPSA) is 64.6 Å². The third kappa shape index (κ3) is 6.58. The largest absolute Gasteiger partial charge is 0.494 e. The lowest BCUT2D eigenvalue weighted by atomic mass is 10.2. The Kier molecular flexibility index (Phi) is 7.46. The summed E-state index contributed by atoms with van der Waals surface area (Å²) in [6.45, 7) is 2.18. The van der Waals surface area contributed by atoms with Crippen LogP contribution in [0.4, 0.5) is 5.69 Å². The van der Waals surface area contributed by atoms with Crippen LogP contribution in [0.15, 0.2) is 54.6 Å². The highest BCUT2D eigenvalue weighted by Crippen LogP contribution is 2.16. The smallest absolute Gasteiger partial charge is 0.331 e. The van der Waals surface area contributed by atoms with E-state index in [1.165, 1.54) is 6.08 Å². The van der Waals surface area contributed by atoms with Crippen LogP contribution in [0.25, 0.3) is 6.08 Å². The van der Waals surface area contributed by atoms with Crippen LogP contribution in [0, 0.1) is 3.57 Å². The summed E-state index contributed by atoms with van der Waals surface area (Å²) >= 11 is 2.12. The average molecular weight is 451 g/mol. The molecule has 0 aliphatic heterocycles. The van der Waals surface area contributed by atoms with Crippen molar-refractivity contribution in [3.05, 3.63) is 63.7 Å². The number of benzene rings is 2. The lowest BCUT2D eigenvalue weighted by Gasteiger charge is -2.07. The molecule has 0 atom stereocenters. The lowest BCUT2D eigenvalue weighted by Crippen LogP contribution is -2.20. The molecular weight excluding hydrogens is 433 g/mol. The first-order valence-electron chi connectivity index (χ1n) is 7.70. The third-order valence-electron chi connectivity index (χ3n) is 3.10. The monoisotopic (exact) mass is 451 g/mol. The Hall–Kier alpha value is -2.35. The fraction of sp³-hybridized carbons (Fsp3) is 0.158. The van der Waals surface area contributed by atoms with E-state index in [0.29, 0.717) is 12.3 Å². The fourth-order valence-corrected chi connectivity index (χ4v) is 2.46. The van der Waals surface area contributed by atoms with Crippen molar-refractivity contribution in [2.24, 2.45) is 0 Å². The Labute approximate surface area is 160 Å². The number of carbonyl (C=O) groups excluding carboxylic acids is 2. The second-order valence-corrected chi connectivity index (χ2v) is 6.13. The molecule has 6 heteroatoms. The number of hydrogen-bond donors (Lipinski definition) is 1. The first-order valence-corrected chi connectivity index (χ1v) is 8.78. The van der Waals surface area contributed by atoms with E-state index in [4.69, 9.17) is 9.47 Å². The maximum Gasteiger partial charge on any atom is 0.331 e. The van der Waals surface area contributed by atoms with Crippen molar-refractivity contribution in [1.82, 2.24) is 0 Å². The van der Waals surface area contributed by atoms with Gasteiger partial charge in [-0.25, -0.2) is 4.79 Å². The van der Waals surface area contributed by atoms with Crippen LogP contribution in [0.2, 0.25) is 0 Å². The molecule has 0 fully saturated rings. The van der Waals surface area contributed by atoms with E-state index in [2.05, 4.69) is 27.9 Å². The standard InChI is InChI=1S/C19H18INO4/c1-2-24-15-10-7-14(8-11-15)9-12-19(23)25-13-18(22)21-17-6-4-3-5-16(17)20/h3-12H,2,13H2,1H3,(H,21,22)/b12-9+. The molecule has 2 rings (SSSR count). The van der Waals surface area contributed by atoms with E-state index in [-0.39, 0.29) is 12.5 Å². The van der Waals surface area contributed by atoms with E-state index in [1.54, 1.807) is 12.1 Å². The number of esters is 1. The summed E-state index contributed by atoms with van der Waals surface area (Å²) in [5, 5.41) is 2.70. The van der Waals surface area contributed by atoms with E-state index in [0.717, 1.165) is 14.9 Å². The summed E-state index contributed by atoms with van der Waals surface area (Å²) in [5.41, 5.74) is 1.53. The van der Waals surface area contributed by atoms with Gasteiger partial charge in [0, 0.05) is 9.65 Å². The Morgan fingerprint density at radius 2 is 1.84 bits per heavy atom. The van der Waals surface area contributed by atoms with Gasteiger partial charge in [0.1, 0.15) is 5.75 Å². The summed E-state index contributed by atoms with van der Waals surface area (Å²) in [6.07, 6.45) is 2.91. The van der Waals surface area contributed by atoms with Gasteiger partial charge >= 0.3 is 5.97 Å². The van der Waals surface area contributed by atoms with E-state index in [9.17, 15) is 9.59 Å². The Morgan fingerprint density at radius 1 is 1.12 bits per heavy atom. The van der Waals surface area contributed by atoms with Gasteiger partial charge in [-0.1, -0.05) is 24.3 Å². The highest BCUT2D eigenvalue weighted by Gasteiger charge is 2.07. The first-order chi connectivity index (χ1) is 12.1. The van der Waals surface area contributed by atoms with Gasteiger partial charge in [-0.2, -0.15) is 0 Å². The van der Waals surface area contributed by atoms with E-state index >= 15 is 0 Å². The molecule has 0 saturated heterocycles. The van der Waals surface area contributed by atoms with Crippen LogP contribution in [0.1, 0.15) is 12.5 Å². The van der Waals surface area contributed by atoms with Crippen molar-refractivity contribution in [2.45, 2.75) is 6.92 Å². The van der Waals surface area contributed by atoms with Gasteiger partial charge in [0.05, 0.1) is 12.3 Å². The zero-order valence-corrected chi connectivity index (χ0v) is 15.9.